The van der Waals surface area contributed by atoms with Gasteiger partial charge in [-0.1, -0.05) is 18.2 Å². The van der Waals surface area contributed by atoms with E-state index in [0.29, 0.717) is 23.0 Å². The molecule has 0 fully saturated rings. The summed E-state index contributed by atoms with van der Waals surface area (Å²) in [5.74, 6) is 0.269. The molecule has 0 radical (unpaired) electrons. The average Bonchev–Trinajstić information content (AvgIpc) is 3.38. The van der Waals surface area contributed by atoms with E-state index in [1.807, 2.05) is 39.0 Å². The third kappa shape index (κ3) is 4.70. The molecule has 0 saturated carbocycles. The number of hydrogen-bond donors (Lipinski definition) is 0. The molecule has 0 N–H and O–H groups in total. The zero-order chi connectivity index (χ0) is 23.5. The molecular weight excluding hydrogens is 438 g/mol. The number of carbonyl (C=O) groups is 2. The van der Waals surface area contributed by atoms with Gasteiger partial charge in [0.2, 0.25) is 11.8 Å². The maximum Gasteiger partial charge on any atom is 0.363 e. The predicted octanol–water partition coefficient (Wildman–Crippen LogP) is 5.19. The number of benzene rings is 2. The molecule has 1 aliphatic heterocycles. The van der Waals surface area contributed by atoms with Crippen LogP contribution in [-0.2, 0) is 14.3 Å². The van der Waals surface area contributed by atoms with Gasteiger partial charge in [0.05, 0.1) is 18.0 Å². The lowest BCUT2D eigenvalue weighted by Gasteiger charge is -2.22. The Morgan fingerprint density at radius 2 is 1.85 bits per heavy atom. The van der Waals surface area contributed by atoms with Crippen LogP contribution in [0.15, 0.2) is 58.5 Å². The van der Waals surface area contributed by atoms with Crippen LogP contribution >= 0.6 is 11.3 Å². The maximum absolute atomic E-state index is 12.5. The molecule has 0 unspecified atom stereocenters. The Hall–Kier alpha value is -3.78. The van der Waals surface area contributed by atoms with Crippen molar-refractivity contribution >= 4 is 46.0 Å². The molecule has 8 heteroatoms. The Morgan fingerprint density at radius 1 is 1.15 bits per heavy atom. The van der Waals surface area contributed by atoms with Crippen LogP contribution in [0.1, 0.15) is 36.2 Å². The summed E-state index contributed by atoms with van der Waals surface area (Å²) in [6, 6.07) is 13.0. The van der Waals surface area contributed by atoms with Crippen molar-refractivity contribution in [1.82, 2.24) is 4.98 Å². The normalized spacial score (nSPS) is 14.2. The minimum atomic E-state index is -0.549. The first-order valence-corrected chi connectivity index (χ1v) is 11.3. The number of ether oxygens (including phenoxy) is 2. The molecule has 0 aliphatic carbocycles. The fourth-order valence-corrected chi connectivity index (χ4v) is 4.35. The van der Waals surface area contributed by atoms with E-state index in [9.17, 15) is 9.59 Å². The number of amides is 1. The van der Waals surface area contributed by atoms with Crippen molar-refractivity contribution in [3.8, 4) is 5.75 Å². The minimum absolute atomic E-state index is 0.142. The topological polar surface area (TPSA) is 81.1 Å². The molecule has 3 aromatic rings. The first-order chi connectivity index (χ1) is 15.9. The molecule has 0 saturated heterocycles. The van der Waals surface area contributed by atoms with E-state index in [2.05, 4.69) is 9.98 Å². The number of cyclic esters (lactones) is 1. The highest BCUT2D eigenvalue weighted by atomic mass is 32.1. The van der Waals surface area contributed by atoms with Gasteiger partial charge in [-0.15, -0.1) is 11.3 Å². The van der Waals surface area contributed by atoms with Gasteiger partial charge in [0.1, 0.15) is 5.75 Å². The summed E-state index contributed by atoms with van der Waals surface area (Å²) in [7, 11) is 0. The summed E-state index contributed by atoms with van der Waals surface area (Å²) >= 11 is 1.32. The average molecular weight is 462 g/mol. The molecule has 168 valence electrons. The van der Waals surface area contributed by atoms with Gasteiger partial charge in [0.25, 0.3) is 0 Å². The Morgan fingerprint density at radius 3 is 2.48 bits per heavy atom. The predicted molar refractivity (Wildman–Crippen MR) is 129 cm³/mol. The smallest absolute Gasteiger partial charge is 0.363 e. The second kappa shape index (κ2) is 9.38. The van der Waals surface area contributed by atoms with Crippen LogP contribution in [0.25, 0.3) is 6.08 Å². The monoisotopic (exact) mass is 461 g/mol. The summed E-state index contributed by atoms with van der Waals surface area (Å²) in [5, 5.41) is 2.30. The van der Waals surface area contributed by atoms with E-state index < -0.39 is 5.97 Å². The van der Waals surface area contributed by atoms with E-state index in [-0.39, 0.29) is 17.5 Å². The number of anilines is 2. The zero-order valence-corrected chi connectivity index (χ0v) is 19.6. The Bertz CT molecular complexity index is 1250. The van der Waals surface area contributed by atoms with Crippen molar-refractivity contribution in [2.75, 3.05) is 11.5 Å². The molecule has 7 nitrogen and oxygen atoms in total. The Kier molecular flexibility index (Phi) is 6.37. The Labute approximate surface area is 196 Å². The van der Waals surface area contributed by atoms with Crippen LogP contribution in [0.2, 0.25) is 0 Å². The van der Waals surface area contributed by atoms with Crippen molar-refractivity contribution < 1.29 is 19.1 Å². The third-order valence-electron chi connectivity index (χ3n) is 5.00. The summed E-state index contributed by atoms with van der Waals surface area (Å²) in [6.45, 7) is 7.91. The van der Waals surface area contributed by atoms with Gasteiger partial charge >= 0.3 is 5.97 Å². The zero-order valence-electron chi connectivity index (χ0n) is 18.8. The number of thiazole rings is 1. The quantitative estimate of drug-likeness (QED) is 0.373. The van der Waals surface area contributed by atoms with E-state index >= 15 is 0 Å². The number of esters is 1. The first-order valence-electron chi connectivity index (χ1n) is 10.5. The number of para-hydroxylation sites is 1. The van der Waals surface area contributed by atoms with Gasteiger partial charge in [-0.05, 0) is 62.2 Å². The van der Waals surface area contributed by atoms with Gasteiger partial charge < -0.3 is 9.47 Å². The van der Waals surface area contributed by atoms with Crippen LogP contribution in [0.5, 0.6) is 5.75 Å². The van der Waals surface area contributed by atoms with Crippen LogP contribution < -0.4 is 9.64 Å². The second-order valence-electron chi connectivity index (χ2n) is 7.44. The van der Waals surface area contributed by atoms with Gasteiger partial charge in [-0.25, -0.2) is 14.8 Å². The van der Waals surface area contributed by atoms with Crippen molar-refractivity contribution in [2.45, 2.75) is 27.7 Å². The molecular formula is C25H23N3O4S. The highest BCUT2D eigenvalue weighted by molar-refractivity contribution is 7.14. The van der Waals surface area contributed by atoms with Crippen molar-refractivity contribution in [1.29, 1.82) is 0 Å². The fraction of sp³-hybridized carbons (Fsp3) is 0.200. The van der Waals surface area contributed by atoms with Crippen molar-refractivity contribution in [2.24, 2.45) is 4.99 Å². The standard InChI is InChI=1S/C25H23N3O4S/c1-5-31-20-11-9-18(10-12-20)23-27-21(24(30)32-23)13-19-14-33-25(26-19)28(17(4)29)22-15(2)7-6-8-16(22)3/h6-14H,5H2,1-4H3. The molecule has 1 amide bonds. The van der Waals surface area contributed by atoms with Gasteiger partial charge in [-0.2, -0.15) is 0 Å². The van der Waals surface area contributed by atoms with E-state index in [0.717, 1.165) is 22.6 Å². The molecule has 2 heterocycles. The first kappa shape index (κ1) is 22.4. The summed E-state index contributed by atoms with van der Waals surface area (Å²) in [6.07, 6.45) is 1.56. The Balaban J connectivity index is 1.62. The number of rotatable bonds is 6. The lowest BCUT2D eigenvalue weighted by Crippen LogP contribution is -2.24. The lowest BCUT2D eigenvalue weighted by atomic mass is 10.1. The molecule has 33 heavy (non-hydrogen) atoms. The SMILES string of the molecule is CCOc1ccc(C2=NC(=Cc3csc(N(C(C)=O)c4c(C)cccc4C)n3)C(=O)O2)cc1. The van der Waals surface area contributed by atoms with Gasteiger partial charge in [0, 0.05) is 17.9 Å². The number of carbonyl (C=O) groups excluding carboxylic acids is 2. The molecule has 0 bridgehead atoms. The molecule has 0 atom stereocenters. The fourth-order valence-electron chi connectivity index (χ4n) is 3.52. The van der Waals surface area contributed by atoms with Crippen LogP contribution in [-0.4, -0.2) is 29.4 Å². The van der Waals surface area contributed by atoms with Crippen LogP contribution in [0, 0.1) is 13.8 Å². The van der Waals surface area contributed by atoms with Crippen LogP contribution in [0.4, 0.5) is 10.8 Å². The van der Waals surface area contributed by atoms with Gasteiger partial charge in [0.15, 0.2) is 10.8 Å². The maximum atomic E-state index is 12.5. The largest absolute Gasteiger partial charge is 0.494 e. The summed E-state index contributed by atoms with van der Waals surface area (Å²) in [5.41, 5.74) is 4.11. The van der Waals surface area contributed by atoms with E-state index in [1.165, 1.54) is 18.3 Å². The minimum Gasteiger partial charge on any atom is -0.494 e. The molecule has 1 aromatic heterocycles. The van der Waals surface area contributed by atoms with Crippen LogP contribution in [0.3, 0.4) is 0 Å². The highest BCUT2D eigenvalue weighted by Crippen LogP contribution is 2.34. The highest BCUT2D eigenvalue weighted by Gasteiger charge is 2.25. The van der Waals surface area contributed by atoms with E-state index in [4.69, 9.17) is 9.47 Å². The van der Waals surface area contributed by atoms with Crippen molar-refractivity contribution in [3.63, 3.8) is 0 Å². The number of hydrogen-bond acceptors (Lipinski definition) is 7. The number of aryl methyl sites for hydroxylation is 2. The molecule has 0 spiro atoms. The van der Waals surface area contributed by atoms with Gasteiger partial charge in [-0.3, -0.25) is 9.69 Å². The summed E-state index contributed by atoms with van der Waals surface area (Å²) < 4.78 is 10.8. The number of aliphatic imine (C=N–C) groups is 1. The summed E-state index contributed by atoms with van der Waals surface area (Å²) in [4.78, 5) is 35.4. The molecule has 4 rings (SSSR count). The third-order valence-corrected chi connectivity index (χ3v) is 5.84. The number of nitrogens with zero attached hydrogens (tertiary/aromatic N) is 3. The molecule has 2 aromatic carbocycles. The molecule has 1 aliphatic rings. The van der Waals surface area contributed by atoms with Crippen molar-refractivity contribution in [3.05, 3.63) is 75.9 Å². The second-order valence-corrected chi connectivity index (χ2v) is 8.28. The lowest BCUT2D eigenvalue weighted by molar-refractivity contribution is -0.130. The van der Waals surface area contributed by atoms with E-state index in [1.54, 1.807) is 40.6 Å². The number of aromatic nitrogens is 1.